The minimum absolute atomic E-state index is 0.0519. The minimum Gasteiger partial charge on any atom is -0.378 e. The van der Waals surface area contributed by atoms with Crippen LogP contribution in [0.1, 0.15) is 22.3 Å². The van der Waals surface area contributed by atoms with E-state index >= 15 is 0 Å². The number of hydrazone groups is 1. The van der Waals surface area contributed by atoms with Gasteiger partial charge in [-0.3, -0.25) is 4.79 Å². The van der Waals surface area contributed by atoms with Crippen LogP contribution in [0.4, 0.5) is 23.2 Å². The van der Waals surface area contributed by atoms with E-state index in [-0.39, 0.29) is 21.8 Å². The van der Waals surface area contributed by atoms with Crippen LogP contribution in [0.2, 0.25) is 0 Å². The number of carbonyl (C=O) groups is 1. The highest BCUT2D eigenvalue weighted by molar-refractivity contribution is 6.05. The van der Waals surface area contributed by atoms with Gasteiger partial charge >= 0.3 is 6.18 Å². The summed E-state index contributed by atoms with van der Waals surface area (Å²) in [7, 11) is 3.55. The number of hydrogen-bond acceptors (Lipinski definition) is 4. The van der Waals surface area contributed by atoms with Crippen LogP contribution in [-0.2, 0) is 0 Å². The van der Waals surface area contributed by atoms with Gasteiger partial charge in [0.05, 0.1) is 12.1 Å². The van der Waals surface area contributed by atoms with E-state index in [1.165, 1.54) is 24.3 Å². The lowest BCUT2D eigenvalue weighted by molar-refractivity contribution is -0.297. The largest absolute Gasteiger partial charge is 0.438 e. The molecule has 2 aromatic rings. The van der Waals surface area contributed by atoms with Gasteiger partial charge in [-0.15, -0.1) is 0 Å². The molecule has 0 bridgehead atoms. The number of hydrogen-bond donors (Lipinski definition) is 1. The minimum atomic E-state index is -5.14. The molecule has 1 atom stereocenters. The molecule has 0 radical (unpaired) electrons. The van der Waals surface area contributed by atoms with Gasteiger partial charge < -0.3 is 10.0 Å². The molecule has 1 aliphatic heterocycles. The Bertz CT molecular complexity index is 908. The van der Waals surface area contributed by atoms with Crippen LogP contribution < -0.4 is 4.90 Å². The van der Waals surface area contributed by atoms with Gasteiger partial charge in [0, 0.05) is 25.3 Å². The molecule has 2 aromatic carbocycles. The third-order valence-corrected chi connectivity index (χ3v) is 4.44. The van der Waals surface area contributed by atoms with Gasteiger partial charge in [-0.1, -0.05) is 12.1 Å². The molecule has 28 heavy (non-hydrogen) atoms. The van der Waals surface area contributed by atoms with Crippen molar-refractivity contribution >= 4 is 17.3 Å². The average Bonchev–Trinajstić information content (AvgIpc) is 3.00. The van der Waals surface area contributed by atoms with E-state index in [1.54, 1.807) is 31.1 Å². The molecule has 1 aliphatic rings. The van der Waals surface area contributed by atoms with E-state index in [1.807, 2.05) is 0 Å². The van der Waals surface area contributed by atoms with Crippen LogP contribution in [0, 0.1) is 5.82 Å². The zero-order chi connectivity index (χ0) is 20.7. The maximum absolute atomic E-state index is 13.6. The van der Waals surface area contributed by atoms with Gasteiger partial charge in [-0.25, -0.2) is 4.39 Å². The number of nitrogens with zero attached hydrogens (tertiary/aromatic N) is 3. The van der Waals surface area contributed by atoms with Gasteiger partial charge in [0.2, 0.25) is 0 Å². The zero-order valence-corrected chi connectivity index (χ0v) is 15.0. The second-order valence-corrected chi connectivity index (χ2v) is 6.60. The number of aliphatic hydroxyl groups is 1. The quantitative estimate of drug-likeness (QED) is 0.811. The van der Waals surface area contributed by atoms with Crippen molar-refractivity contribution < 1.29 is 27.5 Å². The second kappa shape index (κ2) is 6.90. The molecule has 1 N–H and O–H groups in total. The second-order valence-electron chi connectivity index (χ2n) is 6.60. The summed E-state index contributed by atoms with van der Waals surface area (Å²) in [4.78, 5) is 14.5. The predicted molar refractivity (Wildman–Crippen MR) is 95.5 cm³/mol. The van der Waals surface area contributed by atoms with Gasteiger partial charge in [0.25, 0.3) is 11.6 Å². The average molecular weight is 395 g/mol. The molecule has 148 valence electrons. The molecule has 0 unspecified atom stereocenters. The third-order valence-electron chi connectivity index (χ3n) is 4.44. The number of halogens is 4. The van der Waals surface area contributed by atoms with Crippen molar-refractivity contribution in [3.8, 4) is 0 Å². The molecule has 1 heterocycles. The fourth-order valence-electron chi connectivity index (χ4n) is 2.81. The van der Waals surface area contributed by atoms with E-state index in [9.17, 15) is 27.5 Å². The van der Waals surface area contributed by atoms with Crippen LogP contribution in [0.5, 0.6) is 0 Å². The Balaban J connectivity index is 2.00. The van der Waals surface area contributed by atoms with Crippen LogP contribution in [0.3, 0.4) is 0 Å². The Hall–Kier alpha value is -2.94. The summed E-state index contributed by atoms with van der Waals surface area (Å²) >= 11 is 0. The Morgan fingerprint density at radius 1 is 1.11 bits per heavy atom. The smallest absolute Gasteiger partial charge is 0.378 e. The highest BCUT2D eigenvalue weighted by atomic mass is 19.4. The SMILES string of the molecule is CN(C)c1ccc(C(=O)N2N=C(c3ccc(F)cc3)C[C@@]2(O)C(F)(F)F)cc1. The number of anilines is 1. The first kappa shape index (κ1) is 19.8. The standard InChI is InChI=1S/C19H17F4N3O2/c1-25(2)15-9-5-13(6-10-15)17(27)26-18(28,19(21,22)23)11-16(24-26)12-3-7-14(20)8-4-12/h3-10,28H,11H2,1-2H3/t18-/m1/s1. The van der Waals surface area contributed by atoms with E-state index in [4.69, 9.17) is 0 Å². The molecule has 0 aliphatic carbocycles. The summed E-state index contributed by atoms with van der Waals surface area (Å²) in [6.07, 6.45) is -6.10. The maximum atomic E-state index is 13.6. The third kappa shape index (κ3) is 3.45. The van der Waals surface area contributed by atoms with Crippen LogP contribution in [0.15, 0.2) is 53.6 Å². The topological polar surface area (TPSA) is 56.1 Å². The molecule has 0 saturated carbocycles. The summed E-state index contributed by atoms with van der Waals surface area (Å²) in [5, 5.41) is 14.1. The highest BCUT2D eigenvalue weighted by Gasteiger charge is 2.63. The van der Waals surface area contributed by atoms with Crippen molar-refractivity contribution in [2.75, 3.05) is 19.0 Å². The lowest BCUT2D eigenvalue weighted by Crippen LogP contribution is -2.56. The van der Waals surface area contributed by atoms with E-state index in [0.29, 0.717) is 0 Å². The predicted octanol–water partition coefficient (Wildman–Crippen LogP) is 3.39. The molecule has 9 heteroatoms. The molecule has 0 saturated heterocycles. The zero-order valence-electron chi connectivity index (χ0n) is 15.0. The van der Waals surface area contributed by atoms with Crippen molar-refractivity contribution in [1.29, 1.82) is 0 Å². The van der Waals surface area contributed by atoms with Crippen molar-refractivity contribution in [2.45, 2.75) is 18.3 Å². The molecular weight excluding hydrogens is 378 g/mol. The number of carbonyl (C=O) groups excluding carboxylic acids is 1. The summed E-state index contributed by atoms with van der Waals surface area (Å²) in [6, 6.07) is 10.5. The molecule has 3 rings (SSSR count). The van der Waals surface area contributed by atoms with Gasteiger partial charge in [-0.05, 0) is 42.0 Å². The first-order valence-corrected chi connectivity index (χ1v) is 8.27. The highest BCUT2D eigenvalue weighted by Crippen LogP contribution is 2.42. The Morgan fingerprint density at radius 3 is 2.18 bits per heavy atom. The fraction of sp³-hybridized carbons (Fsp3) is 0.263. The van der Waals surface area contributed by atoms with Gasteiger partial charge in [0.15, 0.2) is 0 Å². The monoisotopic (exact) mass is 395 g/mol. The van der Waals surface area contributed by atoms with Gasteiger partial charge in [0.1, 0.15) is 5.82 Å². The number of amides is 1. The fourth-order valence-corrected chi connectivity index (χ4v) is 2.81. The summed E-state index contributed by atoms with van der Waals surface area (Å²) in [5.74, 6) is -1.66. The molecule has 1 amide bonds. The first-order valence-electron chi connectivity index (χ1n) is 8.27. The van der Waals surface area contributed by atoms with Crippen molar-refractivity contribution in [3.05, 3.63) is 65.5 Å². The van der Waals surface area contributed by atoms with Crippen molar-refractivity contribution in [2.24, 2.45) is 5.10 Å². The van der Waals surface area contributed by atoms with Crippen LogP contribution >= 0.6 is 0 Å². The van der Waals surface area contributed by atoms with Crippen LogP contribution in [-0.4, -0.2) is 47.7 Å². The normalized spacial score (nSPS) is 19.5. The molecule has 0 spiro atoms. The molecule has 0 aromatic heterocycles. The first-order chi connectivity index (χ1) is 13.0. The lowest BCUT2D eigenvalue weighted by Gasteiger charge is -2.32. The maximum Gasteiger partial charge on any atom is 0.438 e. The Morgan fingerprint density at radius 2 is 1.68 bits per heavy atom. The van der Waals surface area contributed by atoms with E-state index < -0.39 is 30.0 Å². The van der Waals surface area contributed by atoms with Crippen LogP contribution in [0.25, 0.3) is 0 Å². The van der Waals surface area contributed by atoms with Gasteiger partial charge in [-0.2, -0.15) is 23.3 Å². The molecular formula is C19H17F4N3O2. The molecule has 5 nitrogen and oxygen atoms in total. The van der Waals surface area contributed by atoms with Crippen molar-refractivity contribution in [1.82, 2.24) is 5.01 Å². The number of rotatable bonds is 3. The Kier molecular flexibility index (Phi) is 4.88. The number of alkyl halides is 3. The Labute approximate surface area is 158 Å². The summed E-state index contributed by atoms with van der Waals surface area (Å²) < 4.78 is 53.9. The van der Waals surface area contributed by atoms with Crippen molar-refractivity contribution in [3.63, 3.8) is 0 Å². The number of benzene rings is 2. The molecule has 0 fully saturated rings. The van der Waals surface area contributed by atoms with E-state index in [2.05, 4.69) is 5.10 Å². The summed E-state index contributed by atoms with van der Waals surface area (Å²) in [5.41, 5.74) is -2.79. The summed E-state index contributed by atoms with van der Waals surface area (Å²) in [6.45, 7) is 0. The lowest BCUT2D eigenvalue weighted by atomic mass is 10.0. The van der Waals surface area contributed by atoms with E-state index in [0.717, 1.165) is 17.8 Å².